The molecule has 4 aromatic heterocycles. The van der Waals surface area contributed by atoms with Crippen LogP contribution < -0.4 is 10.2 Å². The quantitative estimate of drug-likeness (QED) is 0.238. The number of carbonyl (C=O) groups excluding carboxylic acids is 2. The predicted molar refractivity (Wildman–Crippen MR) is 135 cm³/mol. The molecule has 14 nitrogen and oxygen atoms in total. The van der Waals surface area contributed by atoms with E-state index in [4.69, 9.17) is 23.2 Å². The SMILES string of the molecule is Cc1cc(C)n(-c2ccc(Cl)c(C(=O)[O-])n2)n1.Cc1cc(C)n(-c2ccc(Cl)c(C(=O)[O-])n2)n1.O.O.O.O.[Ni+2]. The standard InChI is InChI=1S/2C11H10ClN3O2.Ni.4H2O/c2*1-6-5-7(2)15(14-6)9-4-3-8(12)10(13-9)11(16)17;;;;;/h2*3-5H,1-2H3,(H,16,17);;4*1H2/q;;+2;;;;/p-2. The van der Waals surface area contributed by atoms with Crippen LogP contribution in [-0.2, 0) is 16.5 Å². The second-order valence-electron chi connectivity index (χ2n) is 7.25. The van der Waals surface area contributed by atoms with Gasteiger partial charge in [-0.15, -0.1) is 0 Å². The molecule has 17 heteroatoms. The molecule has 0 amide bonds. The molecule has 0 aliphatic carbocycles. The minimum absolute atomic E-state index is 0. The van der Waals surface area contributed by atoms with Crippen molar-refractivity contribution < 1.29 is 58.2 Å². The normalized spacial score (nSPS) is 9.18. The predicted octanol–water partition coefficient (Wildman–Crippen LogP) is -1.50. The monoisotopic (exact) mass is 630 g/mol. The fourth-order valence-corrected chi connectivity index (χ4v) is 3.47. The second-order valence-corrected chi connectivity index (χ2v) is 8.07. The van der Waals surface area contributed by atoms with E-state index in [1.807, 2.05) is 39.8 Å². The second kappa shape index (κ2) is 16.5. The summed E-state index contributed by atoms with van der Waals surface area (Å²) >= 11 is 11.4. The third-order valence-electron chi connectivity index (χ3n) is 4.50. The molecular formula is C22H26Cl2N6NiO8. The van der Waals surface area contributed by atoms with Gasteiger partial charge in [-0.2, -0.15) is 10.2 Å². The first-order chi connectivity index (χ1) is 16.0. The van der Waals surface area contributed by atoms with E-state index in [-0.39, 0.29) is 59.8 Å². The zero-order valence-corrected chi connectivity index (χ0v) is 23.4. The van der Waals surface area contributed by atoms with Crippen LogP contribution in [0, 0.1) is 27.7 Å². The fraction of sp³-hybridized carbons (Fsp3) is 0.182. The van der Waals surface area contributed by atoms with Gasteiger partial charge in [-0.3, -0.25) is 0 Å². The van der Waals surface area contributed by atoms with Crippen LogP contribution >= 0.6 is 23.2 Å². The maximum Gasteiger partial charge on any atom is 2.00 e. The number of aromatic nitrogens is 6. The van der Waals surface area contributed by atoms with E-state index in [2.05, 4.69) is 20.2 Å². The number of rotatable bonds is 4. The van der Waals surface area contributed by atoms with Crippen molar-refractivity contribution in [3.05, 3.63) is 80.6 Å². The average molecular weight is 632 g/mol. The molecule has 0 spiro atoms. The van der Waals surface area contributed by atoms with Crippen molar-refractivity contribution in [2.75, 3.05) is 0 Å². The molecule has 0 saturated carbocycles. The molecule has 0 aromatic carbocycles. The van der Waals surface area contributed by atoms with Crippen LogP contribution in [0.5, 0.6) is 0 Å². The molecule has 39 heavy (non-hydrogen) atoms. The van der Waals surface area contributed by atoms with E-state index in [1.54, 1.807) is 21.5 Å². The summed E-state index contributed by atoms with van der Waals surface area (Å²) in [5.41, 5.74) is 2.82. The Labute approximate surface area is 242 Å². The summed E-state index contributed by atoms with van der Waals surface area (Å²) in [6, 6.07) is 9.88. The van der Waals surface area contributed by atoms with Crippen LogP contribution in [0.15, 0.2) is 36.4 Å². The molecular weight excluding hydrogens is 606 g/mol. The van der Waals surface area contributed by atoms with Gasteiger partial charge in [0.1, 0.15) is 11.4 Å². The molecule has 8 N–H and O–H groups in total. The number of aromatic carboxylic acids is 2. The minimum Gasteiger partial charge on any atom is -0.543 e. The Morgan fingerprint density at radius 3 is 1.21 bits per heavy atom. The average Bonchev–Trinajstić information content (AvgIpc) is 3.28. The third-order valence-corrected chi connectivity index (χ3v) is 5.11. The number of nitrogens with zero attached hydrogens (tertiary/aromatic N) is 6. The molecule has 4 rings (SSSR count). The summed E-state index contributed by atoms with van der Waals surface area (Å²) in [6.45, 7) is 7.40. The number of hydrogen-bond donors (Lipinski definition) is 0. The topological polar surface area (TPSA) is 268 Å². The maximum atomic E-state index is 10.8. The molecule has 0 atom stereocenters. The summed E-state index contributed by atoms with van der Waals surface area (Å²) in [5.74, 6) is -2.00. The van der Waals surface area contributed by atoms with E-state index in [0.717, 1.165) is 22.8 Å². The summed E-state index contributed by atoms with van der Waals surface area (Å²) in [5, 5.41) is 30.1. The van der Waals surface area contributed by atoms with Gasteiger partial charge in [0.2, 0.25) is 0 Å². The number of carboxylic acids is 2. The Morgan fingerprint density at radius 1 is 0.667 bits per heavy atom. The first-order valence-corrected chi connectivity index (χ1v) is 10.6. The fourth-order valence-electron chi connectivity index (χ4n) is 3.11. The van der Waals surface area contributed by atoms with E-state index in [0.29, 0.717) is 11.6 Å². The van der Waals surface area contributed by atoms with Gasteiger partial charge in [-0.05, 0) is 64.1 Å². The zero-order chi connectivity index (χ0) is 25.2. The van der Waals surface area contributed by atoms with Crippen molar-refractivity contribution in [2.24, 2.45) is 0 Å². The van der Waals surface area contributed by atoms with Crippen LogP contribution in [0.4, 0.5) is 0 Å². The number of halogens is 2. The van der Waals surface area contributed by atoms with Gasteiger partial charge >= 0.3 is 16.5 Å². The van der Waals surface area contributed by atoms with E-state index >= 15 is 0 Å². The molecule has 0 unspecified atom stereocenters. The molecule has 0 fully saturated rings. The molecule has 0 aliphatic rings. The van der Waals surface area contributed by atoms with Gasteiger partial charge < -0.3 is 41.7 Å². The summed E-state index contributed by atoms with van der Waals surface area (Å²) in [4.78, 5) is 29.5. The van der Waals surface area contributed by atoms with Gasteiger partial charge in [0.05, 0.1) is 33.4 Å². The van der Waals surface area contributed by atoms with Crippen molar-refractivity contribution in [2.45, 2.75) is 27.7 Å². The largest absolute Gasteiger partial charge is 2.00 e. The van der Waals surface area contributed by atoms with Gasteiger partial charge in [0, 0.05) is 11.4 Å². The maximum absolute atomic E-state index is 10.8. The van der Waals surface area contributed by atoms with Crippen molar-refractivity contribution in [1.82, 2.24) is 29.5 Å². The van der Waals surface area contributed by atoms with E-state index in [9.17, 15) is 19.8 Å². The van der Waals surface area contributed by atoms with Crippen LogP contribution in [0.3, 0.4) is 0 Å². The summed E-state index contributed by atoms with van der Waals surface area (Å²) in [7, 11) is 0. The summed E-state index contributed by atoms with van der Waals surface area (Å²) in [6.07, 6.45) is 0. The number of aryl methyl sites for hydroxylation is 4. The Hall–Kier alpha value is -3.43. The van der Waals surface area contributed by atoms with Crippen LogP contribution in [0.25, 0.3) is 11.6 Å². The molecule has 0 bridgehead atoms. The number of hydrogen-bond acceptors (Lipinski definition) is 8. The Balaban J connectivity index is -0.000000589. The minimum atomic E-state index is -1.40. The van der Waals surface area contributed by atoms with Gasteiger partial charge in [-0.25, -0.2) is 19.3 Å². The van der Waals surface area contributed by atoms with Crippen LogP contribution in [0.1, 0.15) is 43.8 Å². The van der Waals surface area contributed by atoms with Crippen LogP contribution in [-0.4, -0.2) is 63.4 Å². The van der Waals surface area contributed by atoms with Crippen molar-refractivity contribution in [1.29, 1.82) is 0 Å². The Bertz CT molecular complexity index is 1310. The number of carbonyl (C=O) groups is 2. The Kier molecular flexibility index (Phi) is 17.0. The van der Waals surface area contributed by atoms with Gasteiger partial charge in [0.15, 0.2) is 11.6 Å². The molecule has 216 valence electrons. The Morgan fingerprint density at radius 2 is 0.974 bits per heavy atom. The molecule has 0 saturated heterocycles. The first-order valence-electron chi connectivity index (χ1n) is 9.81. The first kappa shape index (κ1) is 40.1. The smallest absolute Gasteiger partial charge is 0.543 e. The molecule has 0 aliphatic heterocycles. The van der Waals surface area contributed by atoms with Gasteiger partial charge in [0.25, 0.3) is 0 Å². The number of carboxylic acid groups (broad SMARTS) is 2. The van der Waals surface area contributed by atoms with Crippen molar-refractivity contribution >= 4 is 35.1 Å². The third kappa shape index (κ3) is 9.37. The van der Waals surface area contributed by atoms with Crippen LogP contribution in [0.2, 0.25) is 10.0 Å². The molecule has 0 radical (unpaired) electrons. The summed E-state index contributed by atoms with van der Waals surface area (Å²) < 4.78 is 3.11. The van der Waals surface area contributed by atoms with Crippen molar-refractivity contribution in [3.8, 4) is 11.6 Å². The number of pyridine rings is 2. The molecule has 4 heterocycles. The van der Waals surface area contributed by atoms with Crippen molar-refractivity contribution in [3.63, 3.8) is 0 Å². The van der Waals surface area contributed by atoms with E-state index in [1.165, 1.54) is 12.1 Å². The molecule has 4 aromatic rings. The van der Waals surface area contributed by atoms with Gasteiger partial charge in [-0.1, -0.05) is 23.2 Å². The van der Waals surface area contributed by atoms with E-state index < -0.39 is 11.9 Å². The zero-order valence-electron chi connectivity index (χ0n) is 20.9.